The third kappa shape index (κ3) is 3.10. The summed E-state index contributed by atoms with van der Waals surface area (Å²) >= 11 is 0. The molecule has 0 spiro atoms. The smallest absolute Gasteiger partial charge is 0.122 e. The van der Waals surface area contributed by atoms with Crippen LogP contribution in [-0.4, -0.2) is 45.2 Å². The first-order chi connectivity index (χ1) is 9.09. The molecule has 0 saturated carbocycles. The van der Waals surface area contributed by atoms with Crippen LogP contribution >= 0.6 is 0 Å². The minimum atomic E-state index is 0.168. The molecule has 1 unspecified atom stereocenters. The first-order valence-corrected chi connectivity index (χ1v) is 7.15. The van der Waals surface area contributed by atoms with Crippen molar-refractivity contribution < 1.29 is 4.74 Å². The van der Waals surface area contributed by atoms with E-state index in [1.54, 1.807) is 7.11 Å². The number of methoxy groups -OCH3 is 1. The molecule has 19 heavy (non-hydrogen) atoms. The third-order valence-electron chi connectivity index (χ3n) is 4.16. The van der Waals surface area contributed by atoms with Gasteiger partial charge in [0.05, 0.1) is 7.11 Å². The molecule has 0 aliphatic carbocycles. The van der Waals surface area contributed by atoms with Crippen LogP contribution in [0.15, 0.2) is 18.2 Å². The summed E-state index contributed by atoms with van der Waals surface area (Å²) in [5.74, 6) is 1.00. The Morgan fingerprint density at radius 3 is 2.89 bits per heavy atom. The number of rotatable bonds is 3. The van der Waals surface area contributed by atoms with Crippen LogP contribution in [0.1, 0.15) is 25.0 Å². The van der Waals surface area contributed by atoms with Gasteiger partial charge in [0.25, 0.3) is 0 Å². The number of nitrogens with zero attached hydrogens (tertiary/aromatic N) is 1. The Morgan fingerprint density at radius 1 is 1.42 bits per heavy atom. The zero-order valence-electron chi connectivity index (χ0n) is 12.6. The largest absolute Gasteiger partial charge is 0.496 e. The summed E-state index contributed by atoms with van der Waals surface area (Å²) in [6.45, 7) is 8.85. The van der Waals surface area contributed by atoms with Gasteiger partial charge in [-0.1, -0.05) is 26.0 Å². The monoisotopic (exact) mass is 262 g/mol. The van der Waals surface area contributed by atoms with Crippen LogP contribution in [0.25, 0.3) is 0 Å². The van der Waals surface area contributed by atoms with E-state index in [0.29, 0.717) is 0 Å². The summed E-state index contributed by atoms with van der Waals surface area (Å²) in [6, 6.07) is 6.66. The first-order valence-electron chi connectivity index (χ1n) is 7.15. The molecule has 1 atom stereocenters. The highest BCUT2D eigenvalue weighted by Gasteiger charge is 2.30. The molecular weight excluding hydrogens is 236 g/mol. The molecule has 1 fully saturated rings. The minimum Gasteiger partial charge on any atom is -0.496 e. The molecule has 0 bridgehead atoms. The van der Waals surface area contributed by atoms with Crippen LogP contribution in [0.5, 0.6) is 5.75 Å². The second-order valence-electron chi connectivity index (χ2n) is 5.86. The second-order valence-corrected chi connectivity index (χ2v) is 5.86. The van der Waals surface area contributed by atoms with Crippen LogP contribution < -0.4 is 10.1 Å². The second kappa shape index (κ2) is 5.93. The SMILES string of the molecule is CCc1cc(C2(C)CNCCN(C)C2)ccc1OC. The lowest BCUT2D eigenvalue weighted by molar-refractivity contribution is 0.289. The van der Waals surface area contributed by atoms with Crippen LogP contribution in [0, 0.1) is 0 Å². The maximum Gasteiger partial charge on any atom is 0.122 e. The van der Waals surface area contributed by atoms with Gasteiger partial charge in [-0.25, -0.2) is 0 Å². The van der Waals surface area contributed by atoms with Gasteiger partial charge in [0.2, 0.25) is 0 Å². The maximum atomic E-state index is 5.43. The minimum absolute atomic E-state index is 0.168. The molecule has 1 N–H and O–H groups in total. The van der Waals surface area contributed by atoms with Crippen molar-refractivity contribution in [1.29, 1.82) is 0 Å². The summed E-state index contributed by atoms with van der Waals surface area (Å²) in [6.07, 6.45) is 1.01. The van der Waals surface area contributed by atoms with Crippen molar-refractivity contribution in [2.24, 2.45) is 0 Å². The Labute approximate surface area is 116 Å². The molecule has 2 rings (SSSR count). The van der Waals surface area contributed by atoms with Gasteiger partial charge in [-0.05, 0) is 30.7 Å². The predicted octanol–water partition coefficient (Wildman–Crippen LogP) is 2.05. The van der Waals surface area contributed by atoms with Gasteiger partial charge >= 0.3 is 0 Å². The molecular formula is C16H26N2O. The third-order valence-corrected chi connectivity index (χ3v) is 4.16. The summed E-state index contributed by atoms with van der Waals surface area (Å²) < 4.78 is 5.43. The number of benzene rings is 1. The van der Waals surface area contributed by atoms with E-state index in [0.717, 1.165) is 38.3 Å². The first kappa shape index (κ1) is 14.4. The van der Waals surface area contributed by atoms with Crippen molar-refractivity contribution in [2.45, 2.75) is 25.7 Å². The topological polar surface area (TPSA) is 24.5 Å². The van der Waals surface area contributed by atoms with E-state index >= 15 is 0 Å². The highest BCUT2D eigenvalue weighted by molar-refractivity contribution is 5.40. The predicted molar refractivity (Wildman–Crippen MR) is 80.1 cm³/mol. The highest BCUT2D eigenvalue weighted by Crippen LogP contribution is 2.30. The number of hydrogen-bond donors (Lipinski definition) is 1. The molecule has 0 radical (unpaired) electrons. The van der Waals surface area contributed by atoms with Gasteiger partial charge in [0.15, 0.2) is 0 Å². The van der Waals surface area contributed by atoms with Crippen molar-refractivity contribution in [3.8, 4) is 5.75 Å². The van der Waals surface area contributed by atoms with Crippen LogP contribution in [0.3, 0.4) is 0 Å². The lowest BCUT2D eigenvalue weighted by atomic mass is 9.81. The number of ether oxygens (including phenoxy) is 1. The van der Waals surface area contributed by atoms with E-state index < -0.39 is 0 Å². The average molecular weight is 262 g/mol. The molecule has 1 aromatic rings. The molecule has 1 aliphatic heterocycles. The molecule has 1 aliphatic rings. The summed E-state index contributed by atoms with van der Waals surface area (Å²) in [5, 5.41) is 3.56. The summed E-state index contributed by atoms with van der Waals surface area (Å²) in [5.41, 5.74) is 2.88. The molecule has 1 saturated heterocycles. The lowest BCUT2D eigenvalue weighted by Gasteiger charge is -2.32. The van der Waals surface area contributed by atoms with Crippen LogP contribution in [0.4, 0.5) is 0 Å². The number of hydrogen-bond acceptors (Lipinski definition) is 3. The van der Waals surface area contributed by atoms with Crippen molar-refractivity contribution in [1.82, 2.24) is 10.2 Å². The zero-order chi connectivity index (χ0) is 13.9. The van der Waals surface area contributed by atoms with Gasteiger partial charge in [0.1, 0.15) is 5.75 Å². The molecule has 1 heterocycles. The zero-order valence-corrected chi connectivity index (χ0v) is 12.6. The van der Waals surface area contributed by atoms with E-state index in [4.69, 9.17) is 4.74 Å². The van der Waals surface area contributed by atoms with Gasteiger partial charge in [-0.2, -0.15) is 0 Å². The lowest BCUT2D eigenvalue weighted by Crippen LogP contribution is -2.40. The van der Waals surface area contributed by atoms with Crippen molar-refractivity contribution >= 4 is 0 Å². The van der Waals surface area contributed by atoms with Crippen molar-refractivity contribution in [2.75, 3.05) is 40.3 Å². The van der Waals surface area contributed by atoms with E-state index in [2.05, 4.69) is 49.3 Å². The molecule has 3 nitrogen and oxygen atoms in total. The quantitative estimate of drug-likeness (QED) is 0.902. The Balaban J connectivity index is 2.33. The van der Waals surface area contributed by atoms with Crippen molar-refractivity contribution in [3.05, 3.63) is 29.3 Å². The summed E-state index contributed by atoms with van der Waals surface area (Å²) in [4.78, 5) is 2.41. The highest BCUT2D eigenvalue weighted by atomic mass is 16.5. The number of nitrogens with one attached hydrogen (secondary N) is 1. The Hall–Kier alpha value is -1.06. The normalized spacial score (nSPS) is 25.1. The van der Waals surface area contributed by atoms with Gasteiger partial charge < -0.3 is 15.0 Å². The number of likely N-dealkylation sites (N-methyl/N-ethyl adjacent to an activating group) is 1. The van der Waals surface area contributed by atoms with E-state index in [1.807, 2.05) is 0 Å². The Morgan fingerprint density at radius 2 is 2.21 bits per heavy atom. The van der Waals surface area contributed by atoms with E-state index in [1.165, 1.54) is 11.1 Å². The van der Waals surface area contributed by atoms with Gasteiger partial charge in [-0.15, -0.1) is 0 Å². The van der Waals surface area contributed by atoms with Crippen LogP contribution in [0.2, 0.25) is 0 Å². The number of aryl methyl sites for hydroxylation is 1. The van der Waals surface area contributed by atoms with Crippen LogP contribution in [-0.2, 0) is 11.8 Å². The van der Waals surface area contributed by atoms with Gasteiger partial charge in [-0.3, -0.25) is 0 Å². The van der Waals surface area contributed by atoms with E-state index in [9.17, 15) is 0 Å². The fraction of sp³-hybridized carbons (Fsp3) is 0.625. The Bertz CT molecular complexity index is 433. The summed E-state index contributed by atoms with van der Waals surface area (Å²) in [7, 11) is 3.95. The van der Waals surface area contributed by atoms with Crippen molar-refractivity contribution in [3.63, 3.8) is 0 Å². The molecule has 106 valence electrons. The molecule has 0 aromatic heterocycles. The van der Waals surface area contributed by atoms with E-state index in [-0.39, 0.29) is 5.41 Å². The molecule has 3 heteroatoms. The average Bonchev–Trinajstić information content (AvgIpc) is 2.59. The van der Waals surface area contributed by atoms with Gasteiger partial charge in [0, 0.05) is 31.6 Å². The molecule has 1 aromatic carbocycles. The standard InChI is InChI=1S/C16H26N2O/c1-5-13-10-14(6-7-15(13)19-4)16(2)11-17-8-9-18(3)12-16/h6-7,10,17H,5,8-9,11-12H2,1-4H3. The Kier molecular flexibility index (Phi) is 4.48. The fourth-order valence-corrected chi connectivity index (χ4v) is 2.99. The maximum absolute atomic E-state index is 5.43. The molecule has 0 amide bonds. The fourth-order valence-electron chi connectivity index (χ4n) is 2.99.